The molecular weight excluding hydrogens is 195 g/mol. The van der Waals surface area contributed by atoms with E-state index in [4.69, 9.17) is 0 Å². The van der Waals surface area contributed by atoms with E-state index >= 15 is 0 Å². The number of aryl methyl sites for hydroxylation is 1. The van der Waals surface area contributed by atoms with Gasteiger partial charge in [0.2, 0.25) is 5.95 Å². The Morgan fingerprint density at radius 2 is 2.07 bits per heavy atom. The number of pyridine rings is 1. The van der Waals surface area contributed by atoms with Gasteiger partial charge in [0.15, 0.2) is 0 Å². The van der Waals surface area contributed by atoms with E-state index in [1.165, 1.54) is 12.3 Å². The molecule has 1 rings (SSSR count). The summed E-state index contributed by atoms with van der Waals surface area (Å²) in [6, 6.07) is 1.53. The zero-order valence-corrected chi connectivity index (χ0v) is 9.25. The highest BCUT2D eigenvalue weighted by Gasteiger charge is 2.17. The van der Waals surface area contributed by atoms with E-state index in [-0.39, 0.29) is 11.5 Å². The summed E-state index contributed by atoms with van der Waals surface area (Å²) >= 11 is 0. The second kappa shape index (κ2) is 4.87. The molecule has 3 nitrogen and oxygen atoms in total. The summed E-state index contributed by atoms with van der Waals surface area (Å²) in [5.74, 6) is -0.994. The van der Waals surface area contributed by atoms with Crippen molar-refractivity contribution in [1.29, 1.82) is 0 Å². The van der Waals surface area contributed by atoms with Crippen LogP contribution < -0.4 is 0 Å². The molecular formula is C11H15FN2O. The molecule has 0 N–H and O–H groups in total. The van der Waals surface area contributed by atoms with E-state index in [0.717, 1.165) is 5.56 Å². The molecule has 0 aliphatic heterocycles. The van der Waals surface area contributed by atoms with Crippen LogP contribution in [0.3, 0.4) is 0 Å². The van der Waals surface area contributed by atoms with Crippen molar-refractivity contribution in [3.05, 3.63) is 29.3 Å². The molecule has 1 aromatic rings. The van der Waals surface area contributed by atoms with Crippen LogP contribution in [0.25, 0.3) is 0 Å². The van der Waals surface area contributed by atoms with Crippen LogP contribution >= 0.6 is 0 Å². The number of nitrogens with zero attached hydrogens (tertiary/aromatic N) is 2. The number of rotatable bonds is 3. The van der Waals surface area contributed by atoms with Crippen LogP contribution in [0.1, 0.15) is 29.8 Å². The minimum atomic E-state index is -0.697. The Kier molecular flexibility index (Phi) is 3.77. The smallest absolute Gasteiger partial charge is 0.258 e. The molecule has 15 heavy (non-hydrogen) atoms. The first-order valence-corrected chi connectivity index (χ1v) is 5.01. The number of carbonyl (C=O) groups is 1. The Labute approximate surface area is 88.9 Å². The normalized spacial score (nSPS) is 10.1. The lowest BCUT2D eigenvalue weighted by Gasteiger charge is -2.18. The largest absolute Gasteiger partial charge is 0.339 e. The molecule has 1 heterocycles. The van der Waals surface area contributed by atoms with Crippen molar-refractivity contribution in [3.8, 4) is 0 Å². The lowest BCUT2D eigenvalue weighted by Crippen LogP contribution is -2.31. The standard InChI is InChI=1S/C11H15FN2O/c1-4-14(5-2)11(15)9-6-8(3)7-13-10(9)12/h6-7H,4-5H2,1-3H3. The third-order valence-corrected chi connectivity index (χ3v) is 2.26. The topological polar surface area (TPSA) is 33.2 Å². The van der Waals surface area contributed by atoms with E-state index in [2.05, 4.69) is 4.98 Å². The predicted molar refractivity (Wildman–Crippen MR) is 56.2 cm³/mol. The molecule has 0 bridgehead atoms. The Bertz CT molecular complexity index is 362. The van der Waals surface area contributed by atoms with Crippen LogP contribution in [0, 0.1) is 12.9 Å². The molecule has 0 saturated carbocycles. The van der Waals surface area contributed by atoms with Gasteiger partial charge in [0, 0.05) is 19.3 Å². The zero-order chi connectivity index (χ0) is 11.4. The minimum absolute atomic E-state index is 0.0544. The van der Waals surface area contributed by atoms with Crippen molar-refractivity contribution in [1.82, 2.24) is 9.88 Å². The Hall–Kier alpha value is -1.45. The molecule has 82 valence electrons. The fourth-order valence-corrected chi connectivity index (χ4v) is 1.38. The summed E-state index contributed by atoms with van der Waals surface area (Å²) < 4.78 is 13.3. The summed E-state index contributed by atoms with van der Waals surface area (Å²) in [6.07, 6.45) is 1.41. The van der Waals surface area contributed by atoms with Crippen LogP contribution in [0.5, 0.6) is 0 Å². The highest BCUT2D eigenvalue weighted by atomic mass is 19.1. The van der Waals surface area contributed by atoms with Gasteiger partial charge in [-0.1, -0.05) is 0 Å². The van der Waals surface area contributed by atoms with Crippen molar-refractivity contribution < 1.29 is 9.18 Å². The first-order valence-electron chi connectivity index (χ1n) is 5.01. The van der Waals surface area contributed by atoms with Crippen molar-refractivity contribution >= 4 is 5.91 Å². The average Bonchev–Trinajstić information content (AvgIpc) is 2.23. The number of hydrogen-bond acceptors (Lipinski definition) is 2. The van der Waals surface area contributed by atoms with Crippen LogP contribution in [0.2, 0.25) is 0 Å². The first kappa shape index (κ1) is 11.6. The summed E-state index contributed by atoms with van der Waals surface area (Å²) in [7, 11) is 0. The lowest BCUT2D eigenvalue weighted by molar-refractivity contribution is 0.0767. The van der Waals surface area contributed by atoms with E-state index in [0.29, 0.717) is 13.1 Å². The molecule has 1 amide bonds. The van der Waals surface area contributed by atoms with Crippen molar-refractivity contribution in [2.24, 2.45) is 0 Å². The minimum Gasteiger partial charge on any atom is -0.339 e. The Balaban J connectivity index is 3.04. The van der Waals surface area contributed by atoms with Gasteiger partial charge in [-0.05, 0) is 32.4 Å². The van der Waals surface area contributed by atoms with Crippen LogP contribution in [-0.2, 0) is 0 Å². The predicted octanol–water partition coefficient (Wildman–Crippen LogP) is 2.01. The van der Waals surface area contributed by atoms with E-state index < -0.39 is 5.95 Å². The van der Waals surface area contributed by atoms with Crippen LogP contribution in [0.4, 0.5) is 4.39 Å². The second-order valence-electron chi connectivity index (χ2n) is 3.33. The molecule has 0 aliphatic rings. The maximum Gasteiger partial charge on any atom is 0.258 e. The van der Waals surface area contributed by atoms with Gasteiger partial charge >= 0.3 is 0 Å². The number of hydrogen-bond donors (Lipinski definition) is 0. The van der Waals surface area contributed by atoms with Gasteiger partial charge in [0.1, 0.15) is 0 Å². The zero-order valence-electron chi connectivity index (χ0n) is 9.25. The highest BCUT2D eigenvalue weighted by Crippen LogP contribution is 2.10. The van der Waals surface area contributed by atoms with E-state index in [1.54, 1.807) is 11.8 Å². The highest BCUT2D eigenvalue weighted by molar-refractivity contribution is 5.94. The molecule has 0 spiro atoms. The number of carbonyl (C=O) groups excluding carboxylic acids is 1. The third-order valence-electron chi connectivity index (χ3n) is 2.26. The number of amides is 1. The summed E-state index contributed by atoms with van der Waals surface area (Å²) in [5.41, 5.74) is 0.839. The van der Waals surface area contributed by atoms with Gasteiger partial charge in [-0.25, -0.2) is 4.98 Å². The Morgan fingerprint density at radius 3 is 2.60 bits per heavy atom. The average molecular weight is 210 g/mol. The molecule has 1 aromatic heterocycles. The summed E-state index contributed by atoms with van der Waals surface area (Å²) in [6.45, 7) is 6.65. The molecule has 0 atom stereocenters. The van der Waals surface area contributed by atoms with Crippen LogP contribution in [-0.4, -0.2) is 28.9 Å². The molecule has 0 saturated heterocycles. The maximum absolute atomic E-state index is 13.3. The molecule has 0 aliphatic carbocycles. The SMILES string of the molecule is CCN(CC)C(=O)c1cc(C)cnc1F. The van der Waals surface area contributed by atoms with Crippen molar-refractivity contribution in [3.63, 3.8) is 0 Å². The summed E-state index contributed by atoms with van der Waals surface area (Å²) in [4.78, 5) is 16.9. The molecule has 4 heteroatoms. The van der Waals surface area contributed by atoms with Crippen molar-refractivity contribution in [2.45, 2.75) is 20.8 Å². The van der Waals surface area contributed by atoms with E-state index in [1.807, 2.05) is 13.8 Å². The van der Waals surface area contributed by atoms with Gasteiger partial charge in [0.25, 0.3) is 5.91 Å². The fraction of sp³-hybridized carbons (Fsp3) is 0.455. The van der Waals surface area contributed by atoms with Gasteiger partial charge < -0.3 is 4.90 Å². The Morgan fingerprint density at radius 1 is 1.47 bits per heavy atom. The molecule has 0 aromatic carbocycles. The van der Waals surface area contributed by atoms with Crippen molar-refractivity contribution in [2.75, 3.05) is 13.1 Å². The monoisotopic (exact) mass is 210 g/mol. The molecule has 0 unspecified atom stereocenters. The van der Waals surface area contributed by atoms with Crippen LogP contribution in [0.15, 0.2) is 12.3 Å². The quantitative estimate of drug-likeness (QED) is 0.715. The summed E-state index contributed by atoms with van der Waals surface area (Å²) in [5, 5.41) is 0. The second-order valence-corrected chi connectivity index (χ2v) is 3.33. The first-order chi connectivity index (χ1) is 7.10. The molecule has 0 radical (unpaired) electrons. The van der Waals surface area contributed by atoms with E-state index in [9.17, 15) is 9.18 Å². The lowest BCUT2D eigenvalue weighted by atomic mass is 10.2. The van der Waals surface area contributed by atoms with Gasteiger partial charge in [-0.15, -0.1) is 0 Å². The van der Waals surface area contributed by atoms with Gasteiger partial charge in [-0.3, -0.25) is 4.79 Å². The number of aromatic nitrogens is 1. The maximum atomic E-state index is 13.3. The van der Waals surface area contributed by atoms with Gasteiger partial charge in [-0.2, -0.15) is 4.39 Å². The molecule has 0 fully saturated rings. The number of halogens is 1. The van der Waals surface area contributed by atoms with Gasteiger partial charge in [0.05, 0.1) is 5.56 Å². The fourth-order valence-electron chi connectivity index (χ4n) is 1.38. The third kappa shape index (κ3) is 2.52.